The molecule has 37 heavy (non-hydrogen) atoms. The zero-order valence-electron chi connectivity index (χ0n) is 20.6. The zero-order chi connectivity index (χ0) is 26.6. The normalized spacial score (nSPS) is 15.4. The van der Waals surface area contributed by atoms with Gasteiger partial charge in [0, 0.05) is 42.8 Å². The molecule has 3 aromatic rings. The number of rotatable bonds is 8. The van der Waals surface area contributed by atoms with E-state index >= 15 is 0 Å². The number of aryl methyl sites for hydroxylation is 2. The Bertz CT molecular complexity index is 1220. The van der Waals surface area contributed by atoms with E-state index in [1.807, 2.05) is 32.0 Å². The molecule has 2 N–H and O–H groups in total. The predicted molar refractivity (Wildman–Crippen MR) is 134 cm³/mol. The van der Waals surface area contributed by atoms with Crippen LogP contribution in [0.3, 0.4) is 0 Å². The number of nitrogens with zero attached hydrogens (tertiary/aromatic N) is 2. The smallest absolute Gasteiger partial charge is 0.398 e. The minimum absolute atomic E-state index is 0.00699. The number of aromatic amines is 1. The van der Waals surface area contributed by atoms with Gasteiger partial charge in [0.1, 0.15) is 17.4 Å². The fraction of sp³-hybridized carbons (Fsp3) is 0.423. The first-order valence-corrected chi connectivity index (χ1v) is 12.9. The highest BCUT2D eigenvalue weighted by Crippen LogP contribution is 2.34. The Morgan fingerprint density at radius 1 is 1.22 bits per heavy atom. The number of aromatic nitrogens is 2. The van der Waals surface area contributed by atoms with Gasteiger partial charge in [-0.15, -0.1) is 11.3 Å². The number of ether oxygens (including phenoxy) is 1. The van der Waals surface area contributed by atoms with Crippen LogP contribution in [0, 0.1) is 13.8 Å². The molecule has 2 aromatic heterocycles. The van der Waals surface area contributed by atoms with Crippen molar-refractivity contribution < 1.29 is 27.5 Å². The van der Waals surface area contributed by atoms with E-state index in [4.69, 9.17) is 4.74 Å². The van der Waals surface area contributed by atoms with Gasteiger partial charge in [-0.05, 0) is 62.1 Å². The van der Waals surface area contributed by atoms with Crippen molar-refractivity contribution in [3.63, 3.8) is 0 Å². The number of alkyl halides is 3. The van der Waals surface area contributed by atoms with Crippen molar-refractivity contribution in [3.05, 3.63) is 69.4 Å². The molecule has 0 aliphatic carbocycles. The average Bonchev–Trinajstić information content (AvgIpc) is 3.57. The van der Waals surface area contributed by atoms with E-state index in [-0.39, 0.29) is 29.8 Å². The molecule has 2 amide bonds. The van der Waals surface area contributed by atoms with E-state index in [1.165, 1.54) is 29.7 Å². The monoisotopic (exact) mass is 534 g/mol. The van der Waals surface area contributed by atoms with Gasteiger partial charge in [-0.1, -0.05) is 6.07 Å². The molecule has 0 spiro atoms. The highest BCUT2D eigenvalue weighted by molar-refractivity contribution is 7.09. The van der Waals surface area contributed by atoms with Gasteiger partial charge in [-0.25, -0.2) is 4.98 Å². The maximum absolute atomic E-state index is 13.4. The lowest BCUT2D eigenvalue weighted by atomic mass is 9.97. The van der Waals surface area contributed by atoms with Crippen molar-refractivity contribution >= 4 is 23.2 Å². The maximum atomic E-state index is 13.4. The number of thiazole rings is 1. The molecule has 1 atom stereocenters. The van der Waals surface area contributed by atoms with Crippen LogP contribution < -0.4 is 10.1 Å². The molecule has 0 bridgehead atoms. The lowest BCUT2D eigenvalue weighted by Gasteiger charge is -2.31. The first-order chi connectivity index (χ1) is 17.6. The first-order valence-electron chi connectivity index (χ1n) is 12.0. The third kappa shape index (κ3) is 6.71. The van der Waals surface area contributed by atoms with E-state index in [1.54, 1.807) is 10.3 Å². The van der Waals surface area contributed by atoms with Gasteiger partial charge in [0.15, 0.2) is 6.61 Å². The third-order valence-electron chi connectivity index (χ3n) is 6.65. The molecule has 198 valence electrons. The molecule has 1 saturated heterocycles. The second kappa shape index (κ2) is 11.4. The lowest BCUT2D eigenvalue weighted by molar-refractivity contribution is -0.149. The van der Waals surface area contributed by atoms with Crippen LogP contribution in [0.15, 0.2) is 41.9 Å². The summed E-state index contributed by atoms with van der Waals surface area (Å²) in [5, 5.41) is 4.68. The van der Waals surface area contributed by atoms with Crippen LogP contribution in [-0.4, -0.2) is 59.1 Å². The molecular formula is C26H29F3N4O3S. The molecule has 0 saturated carbocycles. The van der Waals surface area contributed by atoms with Crippen molar-refractivity contribution in [2.45, 2.75) is 44.7 Å². The Hall–Kier alpha value is -3.34. The lowest BCUT2D eigenvalue weighted by Crippen LogP contribution is -2.40. The number of carbonyl (C=O) groups excluding carboxylic acids is 2. The van der Waals surface area contributed by atoms with Gasteiger partial charge in [-0.3, -0.25) is 9.59 Å². The quantitative estimate of drug-likeness (QED) is 0.428. The first kappa shape index (κ1) is 26.7. The molecule has 1 aromatic carbocycles. The molecule has 7 nitrogen and oxygen atoms in total. The largest absolute Gasteiger partial charge is 0.484 e. The van der Waals surface area contributed by atoms with Crippen LogP contribution >= 0.6 is 11.3 Å². The highest BCUT2D eigenvalue weighted by atomic mass is 32.1. The summed E-state index contributed by atoms with van der Waals surface area (Å²) in [7, 11) is 0. The van der Waals surface area contributed by atoms with E-state index in [0.29, 0.717) is 31.7 Å². The molecule has 1 aliphatic rings. The number of hydrogen-bond acceptors (Lipinski definition) is 5. The van der Waals surface area contributed by atoms with Gasteiger partial charge in [0.25, 0.3) is 11.8 Å². The van der Waals surface area contributed by atoms with Crippen molar-refractivity contribution in [3.8, 4) is 5.75 Å². The molecule has 0 radical (unpaired) electrons. The fourth-order valence-electron chi connectivity index (χ4n) is 4.24. The number of halogens is 3. The summed E-state index contributed by atoms with van der Waals surface area (Å²) in [6, 6.07) is 8.55. The van der Waals surface area contributed by atoms with Crippen molar-refractivity contribution in [2.75, 3.05) is 26.2 Å². The van der Waals surface area contributed by atoms with Crippen molar-refractivity contribution in [1.82, 2.24) is 20.2 Å². The van der Waals surface area contributed by atoms with Crippen LogP contribution in [0.4, 0.5) is 13.2 Å². The Labute approximate surface area is 217 Å². The number of carbonyl (C=O) groups is 2. The SMILES string of the molecule is Cc1ccc(OCC(=O)N2CCC(c3nc(C(=O)NCC(c4ccc[nH]4)C(F)(F)F)cs3)CC2)cc1C. The summed E-state index contributed by atoms with van der Waals surface area (Å²) < 4.78 is 45.9. The van der Waals surface area contributed by atoms with Crippen molar-refractivity contribution in [1.29, 1.82) is 0 Å². The van der Waals surface area contributed by atoms with Crippen LogP contribution in [0.5, 0.6) is 5.75 Å². The number of hydrogen-bond donors (Lipinski definition) is 2. The van der Waals surface area contributed by atoms with Gasteiger partial charge in [0.05, 0.1) is 5.01 Å². The number of H-pyrrole nitrogens is 1. The topological polar surface area (TPSA) is 87.3 Å². The van der Waals surface area contributed by atoms with Crippen LogP contribution in [0.25, 0.3) is 0 Å². The standard InChI is InChI=1S/C26H29F3N4O3S/c1-16-5-6-19(12-17(16)2)36-14-23(34)33-10-7-18(8-11-33)25-32-22(15-37-25)24(35)31-13-20(26(27,28)29)21-4-3-9-30-21/h3-6,9,12,15,18,20,30H,7-8,10-11,13-14H2,1-2H3,(H,31,35). The van der Waals surface area contributed by atoms with E-state index in [0.717, 1.165) is 16.1 Å². The number of amides is 2. The number of benzene rings is 1. The molecular weight excluding hydrogens is 505 g/mol. The van der Waals surface area contributed by atoms with E-state index in [2.05, 4.69) is 15.3 Å². The average molecular weight is 535 g/mol. The van der Waals surface area contributed by atoms with Gasteiger partial charge < -0.3 is 19.9 Å². The van der Waals surface area contributed by atoms with Gasteiger partial charge in [0.2, 0.25) is 0 Å². The summed E-state index contributed by atoms with van der Waals surface area (Å²) in [4.78, 5) is 33.8. The molecule has 1 fully saturated rings. The Balaban J connectivity index is 1.26. The van der Waals surface area contributed by atoms with Gasteiger partial charge in [-0.2, -0.15) is 13.2 Å². The maximum Gasteiger partial charge on any atom is 0.398 e. The fourth-order valence-corrected chi connectivity index (χ4v) is 5.21. The zero-order valence-corrected chi connectivity index (χ0v) is 21.4. The summed E-state index contributed by atoms with van der Waals surface area (Å²) >= 11 is 1.31. The second-order valence-electron chi connectivity index (χ2n) is 9.19. The molecule has 11 heteroatoms. The number of piperidine rings is 1. The Kier molecular flexibility index (Phi) is 8.21. The molecule has 3 heterocycles. The minimum atomic E-state index is -4.50. The predicted octanol–water partition coefficient (Wildman–Crippen LogP) is 4.95. The van der Waals surface area contributed by atoms with Crippen LogP contribution in [0.2, 0.25) is 0 Å². The highest BCUT2D eigenvalue weighted by Gasteiger charge is 2.41. The summed E-state index contributed by atoms with van der Waals surface area (Å²) in [6.07, 6.45) is -1.71. The van der Waals surface area contributed by atoms with Crippen LogP contribution in [0.1, 0.15) is 57.0 Å². The van der Waals surface area contributed by atoms with E-state index < -0.39 is 24.5 Å². The minimum Gasteiger partial charge on any atom is -0.484 e. The third-order valence-corrected chi connectivity index (χ3v) is 7.66. The Morgan fingerprint density at radius 2 is 1.97 bits per heavy atom. The summed E-state index contributed by atoms with van der Waals surface area (Å²) in [6.45, 7) is 4.48. The second-order valence-corrected chi connectivity index (χ2v) is 10.1. The van der Waals surface area contributed by atoms with Crippen LogP contribution in [-0.2, 0) is 4.79 Å². The molecule has 4 rings (SSSR count). The number of likely N-dealkylation sites (tertiary alicyclic amines) is 1. The molecule has 1 unspecified atom stereocenters. The van der Waals surface area contributed by atoms with Gasteiger partial charge >= 0.3 is 6.18 Å². The summed E-state index contributed by atoms with van der Waals surface area (Å²) in [5.74, 6) is -1.81. The molecule has 1 aliphatic heterocycles. The van der Waals surface area contributed by atoms with E-state index in [9.17, 15) is 22.8 Å². The Morgan fingerprint density at radius 3 is 2.62 bits per heavy atom. The van der Waals surface area contributed by atoms with Crippen molar-refractivity contribution in [2.24, 2.45) is 0 Å². The summed E-state index contributed by atoms with van der Waals surface area (Å²) in [5.41, 5.74) is 2.36. The number of nitrogens with one attached hydrogen (secondary N) is 2.